The van der Waals surface area contributed by atoms with Crippen LogP contribution in [0.3, 0.4) is 0 Å². The van der Waals surface area contributed by atoms with Crippen LogP contribution in [0, 0.1) is 0 Å². The maximum Gasteiger partial charge on any atom is 0 e. The molecule has 0 aromatic heterocycles. The van der Waals surface area contributed by atoms with Crippen molar-refractivity contribution in [1.29, 1.82) is 0 Å². The summed E-state index contributed by atoms with van der Waals surface area (Å²) in [5.74, 6) is 0. The van der Waals surface area contributed by atoms with Crippen LogP contribution in [0.15, 0.2) is 0 Å². The molecule has 0 nitrogen and oxygen atoms in total. The number of hydrogen-bond donors (Lipinski definition) is 0. The number of rotatable bonds is 9. The van der Waals surface area contributed by atoms with E-state index in [1.54, 1.807) is 18.5 Å². The van der Waals surface area contributed by atoms with E-state index in [1.807, 2.05) is 0 Å². The first-order valence-corrected chi connectivity index (χ1v) is 7.97. The monoisotopic (exact) mass is 399 g/mol. The van der Waals surface area contributed by atoms with Crippen molar-refractivity contribution < 1.29 is 22.4 Å². The van der Waals surface area contributed by atoms with E-state index in [-0.39, 0.29) is 22.4 Å². The molecule has 0 unspecified atom stereocenters. The Balaban J connectivity index is 0. The Morgan fingerprint density at radius 2 is 0.929 bits per heavy atom. The van der Waals surface area contributed by atoms with Gasteiger partial charge in [-0.1, -0.05) is 40.0 Å². The summed E-state index contributed by atoms with van der Waals surface area (Å²) in [5, 5.41) is 0. The van der Waals surface area contributed by atoms with Crippen LogP contribution in [0.25, 0.3) is 0 Å². The fraction of sp³-hybridized carbons (Fsp3) is 1.00. The van der Waals surface area contributed by atoms with Gasteiger partial charge in [0, 0.05) is 22.4 Å². The van der Waals surface area contributed by atoms with Gasteiger partial charge in [-0.25, -0.2) is 0 Å². The molecule has 0 atom stereocenters. The quantitative estimate of drug-likeness (QED) is 0.384. The molecule has 14 heavy (non-hydrogen) atoms. The van der Waals surface area contributed by atoms with Gasteiger partial charge in [0.15, 0.2) is 0 Å². The van der Waals surface area contributed by atoms with Gasteiger partial charge in [-0.05, 0) is 37.7 Å². The zero-order valence-electron chi connectivity index (χ0n) is 10.1. The molecule has 2 heteroatoms. The minimum absolute atomic E-state index is 0. The molecule has 91 valence electrons. The van der Waals surface area contributed by atoms with Gasteiger partial charge < -0.3 is 0 Å². The predicted octanol–water partition coefficient (Wildman–Crippen LogP) is 4.87. The molecule has 0 rings (SSSR count). The summed E-state index contributed by atoms with van der Waals surface area (Å²) in [5.41, 5.74) is 0. The Morgan fingerprint density at radius 3 is 1.14 bits per heavy atom. The summed E-state index contributed by atoms with van der Waals surface area (Å²) >= 11 is 0. The fourth-order valence-electron chi connectivity index (χ4n) is 1.48. The van der Waals surface area contributed by atoms with E-state index < -0.39 is 0 Å². The van der Waals surface area contributed by atoms with E-state index in [0.717, 1.165) is 0 Å². The van der Waals surface area contributed by atoms with Crippen molar-refractivity contribution in [3.8, 4) is 0 Å². The molecular formula is C12H27AuP. The zero-order valence-corrected chi connectivity index (χ0v) is 13.2. The molecule has 0 aliphatic carbocycles. The van der Waals surface area contributed by atoms with Gasteiger partial charge in [0.2, 0.25) is 0 Å². The van der Waals surface area contributed by atoms with Crippen LogP contribution in [-0.4, -0.2) is 18.5 Å². The maximum absolute atomic E-state index is 2.31. The molecule has 0 bridgehead atoms. The maximum atomic E-state index is 2.31. The van der Waals surface area contributed by atoms with Crippen LogP contribution >= 0.6 is 7.92 Å². The molecule has 0 heterocycles. The molecule has 0 saturated heterocycles. The summed E-state index contributed by atoms with van der Waals surface area (Å²) in [6, 6.07) is 0. The molecule has 0 aromatic carbocycles. The van der Waals surface area contributed by atoms with E-state index in [4.69, 9.17) is 0 Å². The minimum Gasteiger partial charge on any atom is -0.107 e. The summed E-state index contributed by atoms with van der Waals surface area (Å²) in [6.45, 7) is 6.94. The van der Waals surface area contributed by atoms with Crippen LogP contribution in [0.2, 0.25) is 0 Å². The minimum atomic E-state index is 0. The first-order valence-electron chi connectivity index (χ1n) is 6.07. The third-order valence-electron chi connectivity index (χ3n) is 2.48. The van der Waals surface area contributed by atoms with Crippen molar-refractivity contribution >= 4 is 7.92 Å². The fourth-order valence-corrected chi connectivity index (χ4v) is 4.44. The molecule has 0 spiro atoms. The number of unbranched alkanes of at least 4 members (excludes halogenated alkanes) is 3. The average Bonchev–Trinajstić information content (AvgIpc) is 2.17. The molecular weight excluding hydrogens is 372 g/mol. The first-order chi connectivity index (χ1) is 6.35. The smallest absolute Gasteiger partial charge is 0 e. The molecule has 0 aliphatic rings. The second-order valence-corrected chi connectivity index (χ2v) is 6.59. The predicted molar refractivity (Wildman–Crippen MR) is 66.2 cm³/mol. The third kappa shape index (κ3) is 11.2. The van der Waals surface area contributed by atoms with Crippen LogP contribution in [0.1, 0.15) is 59.3 Å². The third-order valence-corrected chi connectivity index (χ3v) is 5.33. The Morgan fingerprint density at radius 1 is 0.643 bits per heavy atom. The van der Waals surface area contributed by atoms with E-state index in [1.165, 1.54) is 38.5 Å². The Bertz CT molecular complexity index is 77.3. The topological polar surface area (TPSA) is 0 Å². The van der Waals surface area contributed by atoms with Crippen molar-refractivity contribution in [3.05, 3.63) is 0 Å². The van der Waals surface area contributed by atoms with E-state index in [0.29, 0.717) is 7.92 Å². The summed E-state index contributed by atoms with van der Waals surface area (Å²) in [6.07, 6.45) is 13.2. The van der Waals surface area contributed by atoms with Gasteiger partial charge in [0.1, 0.15) is 0 Å². The second kappa shape index (κ2) is 14.2. The average molecular weight is 399 g/mol. The zero-order chi connectivity index (χ0) is 9.94. The SMILES string of the molecule is CCCCP(CCCC)CCCC.[Au]. The Hall–Kier alpha value is 1.17. The molecule has 0 amide bonds. The molecule has 0 aromatic rings. The first kappa shape index (κ1) is 17.6. The Kier molecular flexibility index (Phi) is 17.8. The van der Waals surface area contributed by atoms with Crippen molar-refractivity contribution in [2.45, 2.75) is 59.3 Å². The Labute approximate surface area is 108 Å². The molecule has 0 aliphatic heterocycles. The van der Waals surface area contributed by atoms with Gasteiger partial charge in [-0.15, -0.1) is 7.92 Å². The molecule has 0 fully saturated rings. The molecule has 0 N–H and O–H groups in total. The van der Waals surface area contributed by atoms with E-state index in [9.17, 15) is 0 Å². The van der Waals surface area contributed by atoms with Crippen molar-refractivity contribution in [2.75, 3.05) is 18.5 Å². The largest absolute Gasteiger partial charge is 0.107 e. The van der Waals surface area contributed by atoms with Gasteiger partial charge in [0.25, 0.3) is 0 Å². The van der Waals surface area contributed by atoms with E-state index >= 15 is 0 Å². The van der Waals surface area contributed by atoms with Gasteiger partial charge in [-0.3, -0.25) is 0 Å². The van der Waals surface area contributed by atoms with Crippen molar-refractivity contribution in [2.24, 2.45) is 0 Å². The van der Waals surface area contributed by atoms with Crippen molar-refractivity contribution in [1.82, 2.24) is 0 Å². The second-order valence-electron chi connectivity index (χ2n) is 3.90. The standard InChI is InChI=1S/C12H27P.Au/c1-4-7-10-13(11-8-5-2)12-9-6-3;/h4-12H2,1-3H3;. The summed E-state index contributed by atoms with van der Waals surface area (Å²) in [7, 11) is 0.422. The van der Waals surface area contributed by atoms with Crippen LogP contribution in [-0.2, 0) is 22.4 Å². The molecule has 0 saturated carbocycles. The van der Waals surface area contributed by atoms with Gasteiger partial charge in [-0.2, -0.15) is 0 Å². The summed E-state index contributed by atoms with van der Waals surface area (Å²) < 4.78 is 0. The van der Waals surface area contributed by atoms with Crippen LogP contribution < -0.4 is 0 Å². The van der Waals surface area contributed by atoms with Crippen LogP contribution in [0.4, 0.5) is 0 Å². The summed E-state index contributed by atoms with van der Waals surface area (Å²) in [4.78, 5) is 0. The van der Waals surface area contributed by atoms with E-state index in [2.05, 4.69) is 20.8 Å². The van der Waals surface area contributed by atoms with Crippen LogP contribution in [0.5, 0.6) is 0 Å². The number of hydrogen-bond acceptors (Lipinski definition) is 0. The normalized spacial score (nSPS) is 10.3. The van der Waals surface area contributed by atoms with Gasteiger partial charge in [0.05, 0.1) is 0 Å². The van der Waals surface area contributed by atoms with Crippen molar-refractivity contribution in [3.63, 3.8) is 0 Å². The molecule has 1 radical (unpaired) electrons. The van der Waals surface area contributed by atoms with Gasteiger partial charge >= 0.3 is 0 Å².